The van der Waals surface area contributed by atoms with Gasteiger partial charge in [-0.3, -0.25) is 9.59 Å². The average Bonchev–Trinajstić information content (AvgIpc) is 2.16. The number of carbonyl (C=O) groups is 2. The van der Waals surface area contributed by atoms with E-state index in [0.717, 1.165) is 11.8 Å². The van der Waals surface area contributed by atoms with Gasteiger partial charge in [-0.1, -0.05) is 15.9 Å². The van der Waals surface area contributed by atoms with Crippen molar-refractivity contribution in [2.45, 2.75) is 24.2 Å². The highest BCUT2D eigenvalue weighted by atomic mass is 79.9. The minimum atomic E-state index is -1.04. The SMILES string of the molecule is O=C(O)CCC(SCC(O)CBr)C(=O)O. The smallest absolute Gasteiger partial charge is 0.316 e. The third kappa shape index (κ3) is 7.64. The summed E-state index contributed by atoms with van der Waals surface area (Å²) in [4.78, 5) is 21.0. The lowest BCUT2D eigenvalue weighted by Crippen LogP contribution is -2.21. The van der Waals surface area contributed by atoms with Gasteiger partial charge >= 0.3 is 11.9 Å². The molecule has 0 rings (SSSR count). The van der Waals surface area contributed by atoms with Gasteiger partial charge in [0.05, 0.1) is 6.10 Å². The molecule has 0 aromatic carbocycles. The van der Waals surface area contributed by atoms with E-state index in [1.54, 1.807) is 0 Å². The number of thioether (sulfide) groups is 1. The van der Waals surface area contributed by atoms with Crippen LogP contribution in [0.2, 0.25) is 0 Å². The minimum Gasteiger partial charge on any atom is -0.481 e. The maximum Gasteiger partial charge on any atom is 0.316 e. The Labute approximate surface area is 100.0 Å². The monoisotopic (exact) mass is 300 g/mol. The zero-order valence-electron chi connectivity index (χ0n) is 7.93. The molecule has 5 nitrogen and oxygen atoms in total. The molecule has 15 heavy (non-hydrogen) atoms. The molecule has 0 amide bonds. The predicted molar refractivity (Wildman–Crippen MR) is 60.6 cm³/mol. The maximum atomic E-state index is 10.7. The lowest BCUT2D eigenvalue weighted by molar-refractivity contribution is -0.138. The summed E-state index contributed by atoms with van der Waals surface area (Å²) in [6.45, 7) is 0. The van der Waals surface area contributed by atoms with Crippen LogP contribution in [0.25, 0.3) is 0 Å². The molecule has 0 aromatic rings. The lowest BCUT2D eigenvalue weighted by atomic mass is 10.2. The summed E-state index contributed by atoms with van der Waals surface area (Å²) in [5.41, 5.74) is 0. The van der Waals surface area contributed by atoms with Gasteiger partial charge in [0.2, 0.25) is 0 Å². The number of aliphatic hydroxyl groups is 1. The second kappa shape index (κ2) is 7.95. The molecule has 0 aromatic heterocycles. The van der Waals surface area contributed by atoms with Gasteiger partial charge in [0.15, 0.2) is 0 Å². The van der Waals surface area contributed by atoms with Crippen LogP contribution in [0.5, 0.6) is 0 Å². The Morgan fingerprint density at radius 3 is 2.33 bits per heavy atom. The Balaban J connectivity index is 3.94. The second-order valence-electron chi connectivity index (χ2n) is 2.90. The van der Waals surface area contributed by atoms with Gasteiger partial charge in [0.25, 0.3) is 0 Å². The molecule has 0 spiro atoms. The molecule has 0 saturated carbocycles. The van der Waals surface area contributed by atoms with E-state index in [1.165, 1.54) is 0 Å². The number of hydrogen-bond donors (Lipinski definition) is 3. The van der Waals surface area contributed by atoms with Crippen LogP contribution in [0, 0.1) is 0 Å². The topological polar surface area (TPSA) is 94.8 Å². The number of aliphatic hydroxyl groups excluding tert-OH is 1. The largest absolute Gasteiger partial charge is 0.481 e. The van der Waals surface area contributed by atoms with Crippen LogP contribution in [-0.2, 0) is 9.59 Å². The van der Waals surface area contributed by atoms with E-state index in [9.17, 15) is 14.7 Å². The molecule has 7 heteroatoms. The summed E-state index contributed by atoms with van der Waals surface area (Å²) in [6, 6.07) is 0. The highest BCUT2D eigenvalue weighted by Crippen LogP contribution is 2.18. The first-order valence-electron chi connectivity index (χ1n) is 4.27. The molecule has 2 atom stereocenters. The Morgan fingerprint density at radius 1 is 1.33 bits per heavy atom. The van der Waals surface area contributed by atoms with Crippen LogP contribution in [0.4, 0.5) is 0 Å². The third-order valence-corrected chi connectivity index (χ3v) is 3.73. The summed E-state index contributed by atoms with van der Waals surface area (Å²) in [7, 11) is 0. The first-order valence-corrected chi connectivity index (χ1v) is 6.44. The van der Waals surface area contributed by atoms with E-state index >= 15 is 0 Å². The first-order chi connectivity index (χ1) is 6.97. The van der Waals surface area contributed by atoms with Crippen LogP contribution in [0.15, 0.2) is 0 Å². The molecule has 0 aliphatic heterocycles. The summed E-state index contributed by atoms with van der Waals surface area (Å²) >= 11 is 4.12. The molecular formula is C8H13BrO5S. The molecule has 0 aliphatic carbocycles. The summed E-state index contributed by atoms with van der Waals surface area (Å²) < 4.78 is 0. The number of carboxylic acids is 2. The second-order valence-corrected chi connectivity index (χ2v) is 4.78. The summed E-state index contributed by atoms with van der Waals surface area (Å²) in [6.07, 6.45) is -0.708. The van der Waals surface area contributed by atoms with Crippen LogP contribution < -0.4 is 0 Å². The minimum absolute atomic E-state index is 0.0737. The molecule has 2 unspecified atom stereocenters. The van der Waals surface area contributed by atoms with E-state index in [1.807, 2.05) is 0 Å². The highest BCUT2D eigenvalue weighted by Gasteiger charge is 2.20. The molecular weight excluding hydrogens is 288 g/mol. The first kappa shape index (κ1) is 14.7. The number of rotatable bonds is 8. The number of hydrogen-bond acceptors (Lipinski definition) is 4. The van der Waals surface area contributed by atoms with E-state index in [-0.39, 0.29) is 18.6 Å². The van der Waals surface area contributed by atoms with Crippen LogP contribution >= 0.6 is 27.7 Å². The normalized spacial score (nSPS) is 14.5. The van der Waals surface area contributed by atoms with Gasteiger partial charge in [0, 0.05) is 17.5 Å². The summed E-state index contributed by atoms with van der Waals surface area (Å²) in [5, 5.41) is 26.0. The van der Waals surface area contributed by atoms with E-state index in [2.05, 4.69) is 15.9 Å². The number of halogens is 1. The van der Waals surface area contributed by atoms with E-state index in [0.29, 0.717) is 5.33 Å². The molecule has 3 N–H and O–H groups in total. The fraction of sp³-hybridized carbons (Fsp3) is 0.750. The Morgan fingerprint density at radius 2 is 1.93 bits per heavy atom. The van der Waals surface area contributed by atoms with Crippen molar-refractivity contribution in [2.24, 2.45) is 0 Å². The Kier molecular flexibility index (Phi) is 7.81. The van der Waals surface area contributed by atoms with Gasteiger partial charge < -0.3 is 15.3 Å². The number of aliphatic carboxylic acids is 2. The fourth-order valence-corrected chi connectivity index (χ4v) is 2.34. The van der Waals surface area contributed by atoms with Gasteiger partial charge in [-0.05, 0) is 6.42 Å². The standard InChI is InChI=1S/C8H13BrO5S/c9-3-5(10)4-15-6(8(13)14)1-2-7(11)12/h5-6,10H,1-4H2,(H,11,12)(H,13,14). The average molecular weight is 301 g/mol. The predicted octanol–water partition coefficient (Wildman–Crippen LogP) is 0.793. The van der Waals surface area contributed by atoms with Gasteiger partial charge in [-0.15, -0.1) is 11.8 Å². The zero-order chi connectivity index (χ0) is 11.8. The fourth-order valence-electron chi connectivity index (χ4n) is 0.804. The van der Waals surface area contributed by atoms with Crippen LogP contribution in [0.3, 0.4) is 0 Å². The molecule has 0 aliphatic rings. The van der Waals surface area contributed by atoms with Crippen molar-refractivity contribution < 1.29 is 24.9 Å². The molecule has 0 saturated heterocycles. The van der Waals surface area contributed by atoms with Crippen LogP contribution in [0.1, 0.15) is 12.8 Å². The van der Waals surface area contributed by atoms with Crippen molar-refractivity contribution in [2.75, 3.05) is 11.1 Å². The van der Waals surface area contributed by atoms with Crippen molar-refractivity contribution in [3.63, 3.8) is 0 Å². The van der Waals surface area contributed by atoms with Crippen molar-refractivity contribution in [3.05, 3.63) is 0 Å². The van der Waals surface area contributed by atoms with Gasteiger partial charge in [0.1, 0.15) is 5.25 Å². The van der Waals surface area contributed by atoms with Gasteiger partial charge in [-0.25, -0.2) is 0 Å². The Bertz CT molecular complexity index is 223. The quantitative estimate of drug-likeness (QED) is 0.574. The maximum absolute atomic E-state index is 10.7. The molecule has 0 radical (unpaired) electrons. The number of carboxylic acid groups (broad SMARTS) is 2. The lowest BCUT2D eigenvalue weighted by Gasteiger charge is -2.12. The van der Waals surface area contributed by atoms with Crippen LogP contribution in [-0.4, -0.2) is 49.7 Å². The third-order valence-electron chi connectivity index (χ3n) is 1.56. The zero-order valence-corrected chi connectivity index (χ0v) is 10.3. The van der Waals surface area contributed by atoms with E-state index in [4.69, 9.17) is 10.2 Å². The van der Waals surface area contributed by atoms with Crippen molar-refractivity contribution in [1.29, 1.82) is 0 Å². The molecule has 0 fully saturated rings. The van der Waals surface area contributed by atoms with Crippen molar-refractivity contribution in [3.8, 4) is 0 Å². The Hall–Kier alpha value is -0.270. The molecule has 88 valence electrons. The highest BCUT2D eigenvalue weighted by molar-refractivity contribution is 9.09. The van der Waals surface area contributed by atoms with E-state index < -0.39 is 23.3 Å². The molecule has 0 heterocycles. The van der Waals surface area contributed by atoms with Crippen molar-refractivity contribution >= 4 is 39.6 Å². The summed E-state index contributed by atoms with van der Waals surface area (Å²) in [5.74, 6) is -1.77. The number of alkyl halides is 1. The molecule has 0 bridgehead atoms. The van der Waals surface area contributed by atoms with Crippen molar-refractivity contribution in [1.82, 2.24) is 0 Å². The van der Waals surface area contributed by atoms with Gasteiger partial charge in [-0.2, -0.15) is 0 Å².